The summed E-state index contributed by atoms with van der Waals surface area (Å²) < 4.78 is 6.80. The van der Waals surface area contributed by atoms with Gasteiger partial charge in [-0.2, -0.15) is 0 Å². The van der Waals surface area contributed by atoms with Crippen LogP contribution in [0.3, 0.4) is 0 Å². The first-order valence-corrected chi connectivity index (χ1v) is 8.95. The van der Waals surface area contributed by atoms with Gasteiger partial charge in [-0.25, -0.2) is 4.98 Å². The standard InChI is InChI=1S/C18H18N2O3S/c21-12-7-5-11(6-8-12)19-17(22)14-9-10-15(23-14)18-20-13-3-1-2-4-16(13)24-18/h1-4,9-12,21H,5-8H2,(H,19,22). The molecule has 2 aromatic heterocycles. The molecular weight excluding hydrogens is 324 g/mol. The molecular formula is C18H18N2O3S. The van der Waals surface area contributed by atoms with E-state index < -0.39 is 0 Å². The van der Waals surface area contributed by atoms with Crippen LogP contribution >= 0.6 is 11.3 Å². The molecule has 3 aromatic rings. The van der Waals surface area contributed by atoms with Crippen LogP contribution in [0.2, 0.25) is 0 Å². The molecule has 1 aliphatic carbocycles. The number of benzene rings is 1. The van der Waals surface area contributed by atoms with E-state index in [4.69, 9.17) is 4.42 Å². The lowest BCUT2D eigenvalue weighted by atomic mass is 9.93. The highest BCUT2D eigenvalue weighted by atomic mass is 32.1. The van der Waals surface area contributed by atoms with Gasteiger partial charge in [-0.15, -0.1) is 11.3 Å². The Morgan fingerprint density at radius 1 is 1.17 bits per heavy atom. The number of hydrogen-bond acceptors (Lipinski definition) is 5. The van der Waals surface area contributed by atoms with Gasteiger partial charge in [-0.05, 0) is 49.9 Å². The Morgan fingerprint density at radius 3 is 2.75 bits per heavy atom. The maximum atomic E-state index is 12.3. The van der Waals surface area contributed by atoms with Crippen molar-refractivity contribution in [3.8, 4) is 10.8 Å². The number of rotatable bonds is 3. The highest BCUT2D eigenvalue weighted by molar-refractivity contribution is 7.21. The number of hydrogen-bond donors (Lipinski definition) is 2. The predicted octanol–water partition coefficient (Wildman–Crippen LogP) is 3.59. The van der Waals surface area contributed by atoms with Gasteiger partial charge in [0.05, 0.1) is 16.3 Å². The van der Waals surface area contributed by atoms with Gasteiger partial charge in [0, 0.05) is 6.04 Å². The molecule has 2 heterocycles. The molecule has 0 unspecified atom stereocenters. The number of fused-ring (bicyclic) bond motifs is 1. The van der Waals surface area contributed by atoms with Crippen molar-refractivity contribution in [1.82, 2.24) is 10.3 Å². The average Bonchev–Trinajstić information content (AvgIpc) is 3.23. The summed E-state index contributed by atoms with van der Waals surface area (Å²) in [4.78, 5) is 16.9. The van der Waals surface area contributed by atoms with E-state index in [1.54, 1.807) is 23.5 Å². The molecule has 4 rings (SSSR count). The predicted molar refractivity (Wildman–Crippen MR) is 93.1 cm³/mol. The first-order chi connectivity index (χ1) is 11.7. The molecule has 0 radical (unpaired) electrons. The van der Waals surface area contributed by atoms with Crippen LogP contribution in [0.1, 0.15) is 36.2 Å². The molecule has 0 bridgehead atoms. The van der Waals surface area contributed by atoms with Crippen LogP contribution in [0, 0.1) is 0 Å². The number of aliphatic hydroxyl groups is 1. The fourth-order valence-corrected chi connectivity index (χ4v) is 3.96. The molecule has 0 atom stereocenters. The Kier molecular flexibility index (Phi) is 4.08. The highest BCUT2D eigenvalue weighted by Crippen LogP contribution is 2.31. The van der Waals surface area contributed by atoms with Crippen LogP contribution in [-0.2, 0) is 0 Å². The van der Waals surface area contributed by atoms with E-state index in [0.717, 1.165) is 40.9 Å². The van der Waals surface area contributed by atoms with Crippen LogP contribution in [0.25, 0.3) is 21.0 Å². The van der Waals surface area contributed by atoms with E-state index in [1.807, 2.05) is 24.3 Å². The van der Waals surface area contributed by atoms with Crippen LogP contribution in [0.15, 0.2) is 40.8 Å². The maximum absolute atomic E-state index is 12.3. The van der Waals surface area contributed by atoms with Gasteiger partial charge in [-0.3, -0.25) is 4.79 Å². The molecule has 1 aliphatic rings. The molecule has 5 nitrogen and oxygen atoms in total. The summed E-state index contributed by atoms with van der Waals surface area (Å²) >= 11 is 1.55. The highest BCUT2D eigenvalue weighted by Gasteiger charge is 2.23. The van der Waals surface area contributed by atoms with Crippen molar-refractivity contribution in [2.75, 3.05) is 0 Å². The molecule has 1 fully saturated rings. The van der Waals surface area contributed by atoms with Gasteiger partial charge in [0.25, 0.3) is 5.91 Å². The van der Waals surface area contributed by atoms with Crippen LogP contribution in [-0.4, -0.2) is 28.1 Å². The SMILES string of the molecule is O=C(NC1CCC(O)CC1)c1ccc(-c2nc3ccccc3s2)o1. The third kappa shape index (κ3) is 3.07. The van der Waals surface area contributed by atoms with Crippen molar-refractivity contribution < 1.29 is 14.3 Å². The van der Waals surface area contributed by atoms with Crippen LogP contribution in [0.5, 0.6) is 0 Å². The van der Waals surface area contributed by atoms with Gasteiger partial charge >= 0.3 is 0 Å². The molecule has 124 valence electrons. The Hall–Kier alpha value is -2.18. The Morgan fingerprint density at radius 2 is 1.96 bits per heavy atom. The molecule has 0 saturated heterocycles. The van der Waals surface area contributed by atoms with E-state index in [-0.39, 0.29) is 18.1 Å². The second-order valence-corrected chi connectivity index (χ2v) is 7.16. The number of thiazole rings is 1. The van der Waals surface area contributed by atoms with E-state index in [9.17, 15) is 9.90 Å². The summed E-state index contributed by atoms with van der Waals surface area (Å²) in [5.74, 6) is 0.708. The third-order valence-electron chi connectivity index (χ3n) is 4.37. The lowest BCUT2D eigenvalue weighted by molar-refractivity contribution is 0.0844. The fourth-order valence-electron chi connectivity index (χ4n) is 3.03. The molecule has 24 heavy (non-hydrogen) atoms. The summed E-state index contributed by atoms with van der Waals surface area (Å²) in [5.41, 5.74) is 0.931. The number of carbonyl (C=O) groups is 1. The summed E-state index contributed by atoms with van der Waals surface area (Å²) in [7, 11) is 0. The molecule has 2 N–H and O–H groups in total. The zero-order valence-corrected chi connectivity index (χ0v) is 13.9. The topological polar surface area (TPSA) is 75.4 Å². The second-order valence-electron chi connectivity index (χ2n) is 6.13. The fraction of sp³-hybridized carbons (Fsp3) is 0.333. The molecule has 1 saturated carbocycles. The average molecular weight is 342 g/mol. The summed E-state index contributed by atoms with van der Waals surface area (Å²) in [5, 5.41) is 13.3. The first kappa shape index (κ1) is 15.4. The van der Waals surface area contributed by atoms with Gasteiger partial charge < -0.3 is 14.8 Å². The van der Waals surface area contributed by atoms with Crippen LogP contribution < -0.4 is 5.32 Å². The first-order valence-electron chi connectivity index (χ1n) is 8.14. The van der Waals surface area contributed by atoms with E-state index in [1.165, 1.54) is 0 Å². The number of nitrogens with one attached hydrogen (secondary N) is 1. The summed E-state index contributed by atoms with van der Waals surface area (Å²) in [6.07, 6.45) is 2.85. The van der Waals surface area contributed by atoms with E-state index >= 15 is 0 Å². The van der Waals surface area contributed by atoms with Crippen molar-refractivity contribution in [3.63, 3.8) is 0 Å². The number of para-hydroxylation sites is 1. The lowest BCUT2D eigenvalue weighted by Gasteiger charge is -2.25. The minimum Gasteiger partial charge on any atom is -0.448 e. The molecule has 1 aromatic carbocycles. The number of aliphatic hydroxyl groups excluding tert-OH is 1. The third-order valence-corrected chi connectivity index (χ3v) is 5.42. The van der Waals surface area contributed by atoms with Gasteiger partial charge in [0.15, 0.2) is 16.5 Å². The Bertz CT molecular complexity index is 829. The van der Waals surface area contributed by atoms with Crippen molar-refractivity contribution in [2.45, 2.75) is 37.8 Å². The minimum atomic E-state index is -0.229. The van der Waals surface area contributed by atoms with Gasteiger partial charge in [0.2, 0.25) is 0 Å². The number of furan rings is 1. The number of amides is 1. The van der Waals surface area contributed by atoms with Crippen molar-refractivity contribution in [3.05, 3.63) is 42.2 Å². The van der Waals surface area contributed by atoms with E-state index in [2.05, 4.69) is 10.3 Å². The van der Waals surface area contributed by atoms with Crippen molar-refractivity contribution in [2.24, 2.45) is 0 Å². The zero-order valence-electron chi connectivity index (χ0n) is 13.1. The number of aromatic nitrogens is 1. The molecule has 0 spiro atoms. The minimum absolute atomic E-state index is 0.108. The van der Waals surface area contributed by atoms with Gasteiger partial charge in [-0.1, -0.05) is 12.1 Å². The number of nitrogens with zero attached hydrogens (tertiary/aromatic N) is 1. The molecule has 0 aliphatic heterocycles. The van der Waals surface area contributed by atoms with Crippen molar-refractivity contribution in [1.29, 1.82) is 0 Å². The monoisotopic (exact) mass is 342 g/mol. The Balaban J connectivity index is 1.48. The second kappa shape index (κ2) is 6.37. The molecule has 1 amide bonds. The normalized spacial score (nSPS) is 21.0. The summed E-state index contributed by atoms with van der Waals surface area (Å²) in [6.45, 7) is 0. The largest absolute Gasteiger partial charge is 0.448 e. The lowest BCUT2D eigenvalue weighted by Crippen LogP contribution is -2.38. The van der Waals surface area contributed by atoms with Gasteiger partial charge in [0.1, 0.15) is 0 Å². The quantitative estimate of drug-likeness (QED) is 0.763. The van der Waals surface area contributed by atoms with E-state index in [0.29, 0.717) is 11.5 Å². The van der Waals surface area contributed by atoms with Crippen molar-refractivity contribution >= 4 is 27.5 Å². The maximum Gasteiger partial charge on any atom is 0.287 e. The van der Waals surface area contributed by atoms with Crippen LogP contribution in [0.4, 0.5) is 0 Å². The summed E-state index contributed by atoms with van der Waals surface area (Å²) in [6, 6.07) is 11.5. The molecule has 6 heteroatoms. The Labute approximate surface area is 143 Å². The zero-order chi connectivity index (χ0) is 16.5. The number of carbonyl (C=O) groups excluding carboxylic acids is 1. The smallest absolute Gasteiger partial charge is 0.287 e.